The van der Waals surface area contributed by atoms with Crippen molar-refractivity contribution in [3.05, 3.63) is 52.3 Å². The number of nitrogens with zero attached hydrogens (tertiary/aromatic N) is 1. The van der Waals surface area contributed by atoms with Gasteiger partial charge >= 0.3 is 0 Å². The van der Waals surface area contributed by atoms with Crippen molar-refractivity contribution >= 4 is 21.6 Å². The normalized spacial score (nSPS) is 12.0. The number of rotatable bonds is 4. The van der Waals surface area contributed by atoms with E-state index in [1.54, 1.807) is 13.3 Å². The molecule has 0 fully saturated rings. The molecule has 19 heavy (non-hydrogen) atoms. The van der Waals surface area contributed by atoms with E-state index in [-0.39, 0.29) is 6.04 Å². The Bertz CT molecular complexity index is 572. The molecule has 1 aromatic heterocycles. The number of hydrogen-bond donors (Lipinski definition) is 1. The van der Waals surface area contributed by atoms with Crippen LogP contribution in [0.5, 0.6) is 5.75 Å². The summed E-state index contributed by atoms with van der Waals surface area (Å²) in [5, 5.41) is 3.43. The number of benzene rings is 1. The molecule has 1 heterocycles. The third-order valence-electron chi connectivity index (χ3n) is 2.99. The smallest absolute Gasteiger partial charge is 0.129 e. The first kappa shape index (κ1) is 13.9. The topological polar surface area (TPSA) is 34.1 Å². The number of nitrogens with one attached hydrogen (secondary N) is 1. The summed E-state index contributed by atoms with van der Waals surface area (Å²) >= 11 is 3.44. The molecule has 100 valence electrons. The van der Waals surface area contributed by atoms with Crippen molar-refractivity contribution in [3.8, 4) is 5.75 Å². The van der Waals surface area contributed by atoms with E-state index in [9.17, 15) is 0 Å². The summed E-state index contributed by atoms with van der Waals surface area (Å²) in [5.74, 6) is 0.903. The highest BCUT2D eigenvalue weighted by molar-refractivity contribution is 9.10. The van der Waals surface area contributed by atoms with Crippen molar-refractivity contribution < 1.29 is 4.74 Å². The van der Waals surface area contributed by atoms with Crippen LogP contribution < -0.4 is 10.1 Å². The molecule has 0 aliphatic carbocycles. The average Bonchev–Trinajstić information content (AvgIpc) is 2.41. The van der Waals surface area contributed by atoms with E-state index >= 15 is 0 Å². The predicted molar refractivity (Wildman–Crippen MR) is 81.7 cm³/mol. The lowest BCUT2D eigenvalue weighted by Gasteiger charge is -2.19. The van der Waals surface area contributed by atoms with Gasteiger partial charge in [0.05, 0.1) is 18.8 Å². The van der Waals surface area contributed by atoms with Gasteiger partial charge in [-0.25, -0.2) is 4.98 Å². The molecule has 0 aliphatic rings. The molecule has 0 bridgehead atoms. The second-order valence-corrected chi connectivity index (χ2v) is 5.20. The summed E-state index contributed by atoms with van der Waals surface area (Å²) in [4.78, 5) is 4.21. The van der Waals surface area contributed by atoms with Gasteiger partial charge in [0.2, 0.25) is 0 Å². The van der Waals surface area contributed by atoms with Gasteiger partial charge in [0.25, 0.3) is 0 Å². The van der Waals surface area contributed by atoms with Crippen molar-refractivity contribution in [1.29, 1.82) is 0 Å². The van der Waals surface area contributed by atoms with Crippen LogP contribution in [0.2, 0.25) is 0 Å². The van der Waals surface area contributed by atoms with Gasteiger partial charge in [0, 0.05) is 11.8 Å². The van der Waals surface area contributed by atoms with E-state index < -0.39 is 0 Å². The standard InChI is InChI=1S/C15H17BrN2O/c1-10-6-7-12(14(9-10)19-3)11(2)18-13-5-4-8-17-15(13)16/h4-9,11,18H,1-3H3. The third-order valence-corrected chi connectivity index (χ3v) is 3.62. The molecule has 0 spiro atoms. The van der Waals surface area contributed by atoms with Crippen LogP contribution in [-0.2, 0) is 0 Å². The van der Waals surface area contributed by atoms with Crippen LogP contribution in [0, 0.1) is 6.92 Å². The Hall–Kier alpha value is -1.55. The quantitative estimate of drug-likeness (QED) is 0.851. The van der Waals surface area contributed by atoms with Crippen LogP contribution in [-0.4, -0.2) is 12.1 Å². The molecule has 0 saturated heterocycles. The van der Waals surface area contributed by atoms with Gasteiger partial charge in [-0.3, -0.25) is 0 Å². The van der Waals surface area contributed by atoms with Crippen LogP contribution in [0.25, 0.3) is 0 Å². The van der Waals surface area contributed by atoms with Crippen LogP contribution in [0.15, 0.2) is 41.1 Å². The number of anilines is 1. The van der Waals surface area contributed by atoms with Crippen LogP contribution in [0.3, 0.4) is 0 Å². The van der Waals surface area contributed by atoms with Gasteiger partial charge < -0.3 is 10.1 Å². The number of aromatic nitrogens is 1. The molecule has 4 heteroatoms. The molecule has 1 aromatic carbocycles. The highest BCUT2D eigenvalue weighted by Crippen LogP contribution is 2.30. The van der Waals surface area contributed by atoms with Gasteiger partial charge in [-0.1, -0.05) is 12.1 Å². The van der Waals surface area contributed by atoms with Gasteiger partial charge in [-0.2, -0.15) is 0 Å². The number of pyridine rings is 1. The van der Waals surface area contributed by atoms with E-state index in [1.165, 1.54) is 5.56 Å². The zero-order valence-electron chi connectivity index (χ0n) is 11.3. The molecule has 0 amide bonds. The van der Waals surface area contributed by atoms with Crippen molar-refractivity contribution in [3.63, 3.8) is 0 Å². The maximum absolute atomic E-state index is 5.45. The lowest BCUT2D eigenvalue weighted by molar-refractivity contribution is 0.407. The maximum atomic E-state index is 5.45. The summed E-state index contributed by atoms with van der Waals surface area (Å²) < 4.78 is 6.26. The lowest BCUT2D eigenvalue weighted by Crippen LogP contribution is -2.09. The molecule has 1 unspecified atom stereocenters. The molecule has 1 N–H and O–H groups in total. The third kappa shape index (κ3) is 3.26. The van der Waals surface area contributed by atoms with E-state index in [2.05, 4.69) is 52.2 Å². The Morgan fingerprint density at radius 2 is 2.11 bits per heavy atom. The second-order valence-electron chi connectivity index (χ2n) is 4.45. The minimum atomic E-state index is 0.135. The summed E-state index contributed by atoms with van der Waals surface area (Å²) in [5.41, 5.74) is 3.29. The first-order valence-electron chi connectivity index (χ1n) is 6.13. The number of aryl methyl sites for hydroxylation is 1. The molecule has 2 rings (SSSR count). The second kappa shape index (κ2) is 6.06. The summed E-state index contributed by atoms with van der Waals surface area (Å²) in [6, 6.07) is 10.3. The van der Waals surface area contributed by atoms with Gasteiger partial charge in [-0.05, 0) is 53.5 Å². The fraction of sp³-hybridized carbons (Fsp3) is 0.267. The monoisotopic (exact) mass is 320 g/mol. The highest BCUT2D eigenvalue weighted by atomic mass is 79.9. The predicted octanol–water partition coefficient (Wildman–Crippen LogP) is 4.33. The van der Waals surface area contributed by atoms with Gasteiger partial charge in [-0.15, -0.1) is 0 Å². The minimum absolute atomic E-state index is 0.135. The number of hydrogen-bond acceptors (Lipinski definition) is 3. The van der Waals surface area contributed by atoms with Crippen LogP contribution in [0.4, 0.5) is 5.69 Å². The molecule has 3 nitrogen and oxygen atoms in total. The molecular formula is C15H17BrN2O. The first-order chi connectivity index (χ1) is 9.11. The van der Waals surface area contributed by atoms with E-state index in [4.69, 9.17) is 4.74 Å². The first-order valence-corrected chi connectivity index (χ1v) is 6.92. The van der Waals surface area contributed by atoms with E-state index in [0.29, 0.717) is 0 Å². The maximum Gasteiger partial charge on any atom is 0.129 e. The summed E-state index contributed by atoms with van der Waals surface area (Å²) in [6.07, 6.45) is 1.76. The van der Waals surface area contributed by atoms with Crippen LogP contribution in [0.1, 0.15) is 24.1 Å². The number of ether oxygens (including phenoxy) is 1. The Morgan fingerprint density at radius 3 is 2.79 bits per heavy atom. The molecule has 0 saturated carbocycles. The van der Waals surface area contributed by atoms with Crippen molar-refractivity contribution in [1.82, 2.24) is 4.98 Å². The number of halogens is 1. The molecule has 1 atom stereocenters. The Balaban J connectivity index is 2.25. The Labute approximate surface area is 122 Å². The summed E-state index contributed by atoms with van der Waals surface area (Å²) in [6.45, 7) is 4.16. The molecular weight excluding hydrogens is 304 g/mol. The van der Waals surface area contributed by atoms with Crippen molar-refractivity contribution in [2.75, 3.05) is 12.4 Å². The van der Waals surface area contributed by atoms with Gasteiger partial charge in [0.15, 0.2) is 0 Å². The van der Waals surface area contributed by atoms with Crippen molar-refractivity contribution in [2.24, 2.45) is 0 Å². The fourth-order valence-corrected chi connectivity index (χ4v) is 2.35. The molecule has 0 aliphatic heterocycles. The molecule has 2 aromatic rings. The Kier molecular flexibility index (Phi) is 4.43. The van der Waals surface area contributed by atoms with Crippen molar-refractivity contribution in [2.45, 2.75) is 19.9 Å². The minimum Gasteiger partial charge on any atom is -0.496 e. The zero-order chi connectivity index (χ0) is 13.8. The molecule has 0 radical (unpaired) electrons. The largest absolute Gasteiger partial charge is 0.496 e. The van der Waals surface area contributed by atoms with Gasteiger partial charge in [0.1, 0.15) is 10.4 Å². The zero-order valence-corrected chi connectivity index (χ0v) is 12.9. The highest BCUT2D eigenvalue weighted by Gasteiger charge is 2.12. The Morgan fingerprint density at radius 1 is 1.32 bits per heavy atom. The van der Waals surface area contributed by atoms with Crippen LogP contribution >= 0.6 is 15.9 Å². The van der Waals surface area contributed by atoms with E-state index in [1.807, 2.05) is 18.2 Å². The average molecular weight is 321 g/mol. The SMILES string of the molecule is COc1cc(C)ccc1C(C)Nc1cccnc1Br. The summed E-state index contributed by atoms with van der Waals surface area (Å²) in [7, 11) is 1.70. The fourth-order valence-electron chi connectivity index (χ4n) is 1.98. The number of methoxy groups -OCH3 is 1. The van der Waals surface area contributed by atoms with E-state index in [0.717, 1.165) is 21.6 Å². The lowest BCUT2D eigenvalue weighted by atomic mass is 10.0.